The molecule has 1 aliphatic rings. The number of carbonyl (C=O) groups excluding carboxylic acids is 1. The third kappa shape index (κ3) is 5.38. The van der Waals surface area contributed by atoms with Crippen LogP contribution in [0.4, 0.5) is 17.5 Å². The van der Waals surface area contributed by atoms with E-state index in [1.54, 1.807) is 18.3 Å². The van der Waals surface area contributed by atoms with E-state index in [-0.39, 0.29) is 5.91 Å². The third-order valence-corrected chi connectivity index (χ3v) is 5.39. The van der Waals surface area contributed by atoms with E-state index in [1.165, 1.54) is 0 Å². The van der Waals surface area contributed by atoms with Crippen LogP contribution in [0.3, 0.4) is 0 Å². The molecule has 0 radical (unpaired) electrons. The Hall–Kier alpha value is -3.45. The molecule has 1 saturated heterocycles. The maximum atomic E-state index is 12.5. The van der Waals surface area contributed by atoms with Gasteiger partial charge in [0, 0.05) is 43.5 Å². The van der Waals surface area contributed by atoms with Gasteiger partial charge in [-0.2, -0.15) is 0 Å². The van der Waals surface area contributed by atoms with Gasteiger partial charge in [-0.1, -0.05) is 35.9 Å². The molecule has 31 heavy (non-hydrogen) atoms. The number of rotatable bonds is 5. The minimum absolute atomic E-state index is 0.0178. The molecule has 1 amide bonds. The molecule has 0 atom stereocenters. The summed E-state index contributed by atoms with van der Waals surface area (Å²) in [6.07, 6.45) is 5.14. The zero-order valence-corrected chi connectivity index (χ0v) is 18.0. The Labute approximate surface area is 186 Å². The number of aryl methyl sites for hydroxylation is 1. The van der Waals surface area contributed by atoms with Crippen LogP contribution in [0.5, 0.6) is 0 Å². The van der Waals surface area contributed by atoms with Gasteiger partial charge in [0.1, 0.15) is 5.82 Å². The second-order valence-electron chi connectivity index (χ2n) is 7.29. The van der Waals surface area contributed by atoms with Crippen LogP contribution in [0.15, 0.2) is 60.8 Å². The first kappa shape index (κ1) is 20.8. The fraction of sp³-hybridized carbons (Fsp3) is 0.217. The topological polar surface area (TPSA) is 74.2 Å². The summed E-state index contributed by atoms with van der Waals surface area (Å²) < 4.78 is 0. The van der Waals surface area contributed by atoms with E-state index in [0.717, 1.165) is 22.8 Å². The summed E-state index contributed by atoms with van der Waals surface area (Å²) >= 11 is 6.14. The number of carbonyl (C=O) groups is 1. The van der Waals surface area contributed by atoms with Crippen LogP contribution in [-0.4, -0.2) is 52.2 Å². The predicted molar refractivity (Wildman–Crippen MR) is 124 cm³/mol. The van der Waals surface area contributed by atoms with Crippen molar-refractivity contribution in [2.75, 3.05) is 36.4 Å². The smallest absolute Gasteiger partial charge is 0.246 e. The number of aromatic nitrogens is 3. The zero-order valence-electron chi connectivity index (χ0n) is 17.2. The van der Waals surface area contributed by atoms with E-state index in [4.69, 9.17) is 11.6 Å². The Morgan fingerprint density at radius 1 is 1.00 bits per heavy atom. The number of anilines is 3. The summed E-state index contributed by atoms with van der Waals surface area (Å²) in [5.41, 5.74) is 1.94. The lowest BCUT2D eigenvalue weighted by molar-refractivity contribution is -0.126. The lowest BCUT2D eigenvalue weighted by Crippen LogP contribution is -2.48. The molecule has 0 aliphatic carbocycles. The highest BCUT2D eigenvalue weighted by Gasteiger charge is 2.20. The normalized spacial score (nSPS) is 14.1. The van der Waals surface area contributed by atoms with Crippen molar-refractivity contribution in [1.29, 1.82) is 0 Å². The molecule has 0 unspecified atom stereocenters. The minimum atomic E-state index is -0.0178. The van der Waals surface area contributed by atoms with E-state index in [0.29, 0.717) is 37.0 Å². The Morgan fingerprint density at radius 3 is 2.45 bits per heavy atom. The van der Waals surface area contributed by atoms with E-state index in [2.05, 4.69) is 25.4 Å². The van der Waals surface area contributed by atoms with Gasteiger partial charge in [-0.3, -0.25) is 4.79 Å². The third-order valence-electron chi connectivity index (χ3n) is 5.04. The maximum absolute atomic E-state index is 12.5. The van der Waals surface area contributed by atoms with Crippen molar-refractivity contribution in [2.45, 2.75) is 6.92 Å². The Balaban J connectivity index is 1.30. The fourth-order valence-electron chi connectivity index (χ4n) is 3.27. The highest BCUT2D eigenvalue weighted by Crippen LogP contribution is 2.18. The molecule has 158 valence electrons. The number of benzene rings is 1. The van der Waals surface area contributed by atoms with Crippen LogP contribution < -0.4 is 10.2 Å². The summed E-state index contributed by atoms with van der Waals surface area (Å²) in [6, 6.07) is 15.2. The molecule has 2 aromatic heterocycles. The molecule has 1 aliphatic heterocycles. The Morgan fingerprint density at radius 2 is 1.77 bits per heavy atom. The van der Waals surface area contributed by atoms with Crippen LogP contribution in [0.25, 0.3) is 6.08 Å². The zero-order chi connectivity index (χ0) is 21.6. The number of nitrogens with one attached hydrogen (secondary N) is 1. The van der Waals surface area contributed by atoms with Gasteiger partial charge < -0.3 is 15.1 Å². The van der Waals surface area contributed by atoms with Crippen molar-refractivity contribution >= 4 is 41.0 Å². The summed E-state index contributed by atoms with van der Waals surface area (Å²) in [6.45, 7) is 4.65. The summed E-state index contributed by atoms with van der Waals surface area (Å²) in [5.74, 6) is 2.14. The van der Waals surface area contributed by atoms with Gasteiger partial charge in [-0.15, -0.1) is 10.2 Å². The summed E-state index contributed by atoms with van der Waals surface area (Å²) in [4.78, 5) is 20.8. The molecule has 1 aromatic carbocycles. The van der Waals surface area contributed by atoms with Crippen molar-refractivity contribution < 1.29 is 4.79 Å². The standard InChI is InChI=1S/C23H23ClN6O/c1-17-6-8-20(25-16-17)26-21-9-10-22(28-27-21)29-12-14-30(15-13-29)23(31)11-7-18-4-2-3-5-19(18)24/h2-11,16H,12-15H2,1H3,(H,25,26,27)/b11-7+. The van der Waals surface area contributed by atoms with Crippen LogP contribution in [0.1, 0.15) is 11.1 Å². The Kier molecular flexibility index (Phi) is 6.43. The van der Waals surface area contributed by atoms with Gasteiger partial charge in [-0.25, -0.2) is 4.98 Å². The SMILES string of the molecule is Cc1ccc(Nc2ccc(N3CCN(C(=O)/C=C/c4ccccc4Cl)CC3)nn2)nc1. The molecular formula is C23H23ClN6O. The number of halogens is 1. The van der Waals surface area contributed by atoms with E-state index >= 15 is 0 Å². The number of hydrogen-bond acceptors (Lipinski definition) is 6. The van der Waals surface area contributed by atoms with E-state index in [9.17, 15) is 4.79 Å². The first-order chi connectivity index (χ1) is 15.1. The maximum Gasteiger partial charge on any atom is 0.246 e. The molecule has 0 spiro atoms. The second kappa shape index (κ2) is 9.57. The van der Waals surface area contributed by atoms with Gasteiger partial charge in [-0.05, 0) is 48.4 Å². The number of nitrogens with zero attached hydrogens (tertiary/aromatic N) is 5. The first-order valence-corrected chi connectivity index (χ1v) is 10.5. The molecule has 3 heterocycles. The summed E-state index contributed by atoms with van der Waals surface area (Å²) in [5, 5.41) is 12.3. The first-order valence-electron chi connectivity index (χ1n) is 10.1. The second-order valence-corrected chi connectivity index (χ2v) is 7.70. The average Bonchev–Trinajstić information content (AvgIpc) is 2.80. The quantitative estimate of drug-likeness (QED) is 0.613. The van der Waals surface area contributed by atoms with E-state index in [1.807, 2.05) is 60.4 Å². The molecule has 3 aromatic rings. The number of amides is 1. The van der Waals surface area contributed by atoms with Gasteiger partial charge in [0.05, 0.1) is 0 Å². The van der Waals surface area contributed by atoms with Crippen molar-refractivity contribution in [3.63, 3.8) is 0 Å². The predicted octanol–water partition coefficient (Wildman–Crippen LogP) is 3.94. The fourth-order valence-corrected chi connectivity index (χ4v) is 3.46. The van der Waals surface area contributed by atoms with Crippen molar-refractivity contribution in [1.82, 2.24) is 20.1 Å². The van der Waals surface area contributed by atoms with Gasteiger partial charge in [0.2, 0.25) is 5.91 Å². The summed E-state index contributed by atoms with van der Waals surface area (Å²) in [7, 11) is 0. The van der Waals surface area contributed by atoms with Crippen LogP contribution >= 0.6 is 11.6 Å². The van der Waals surface area contributed by atoms with Gasteiger partial charge >= 0.3 is 0 Å². The van der Waals surface area contributed by atoms with Crippen molar-refractivity contribution in [3.05, 3.63) is 77.0 Å². The largest absolute Gasteiger partial charge is 0.352 e. The van der Waals surface area contributed by atoms with Gasteiger partial charge in [0.15, 0.2) is 11.6 Å². The minimum Gasteiger partial charge on any atom is -0.352 e. The number of pyridine rings is 1. The molecular weight excluding hydrogens is 412 g/mol. The molecule has 1 fully saturated rings. The monoisotopic (exact) mass is 434 g/mol. The lowest BCUT2D eigenvalue weighted by atomic mass is 10.2. The van der Waals surface area contributed by atoms with E-state index < -0.39 is 0 Å². The molecule has 8 heteroatoms. The number of piperazine rings is 1. The van der Waals surface area contributed by atoms with Crippen LogP contribution in [-0.2, 0) is 4.79 Å². The van der Waals surface area contributed by atoms with Crippen LogP contribution in [0.2, 0.25) is 5.02 Å². The molecule has 7 nitrogen and oxygen atoms in total. The van der Waals surface area contributed by atoms with Crippen LogP contribution in [0, 0.1) is 6.92 Å². The molecule has 4 rings (SSSR count). The lowest BCUT2D eigenvalue weighted by Gasteiger charge is -2.34. The molecule has 1 N–H and O–H groups in total. The molecule has 0 bridgehead atoms. The van der Waals surface area contributed by atoms with Crippen molar-refractivity contribution in [3.8, 4) is 0 Å². The highest BCUT2D eigenvalue weighted by atomic mass is 35.5. The Bertz CT molecular complexity index is 1060. The van der Waals surface area contributed by atoms with Gasteiger partial charge in [0.25, 0.3) is 0 Å². The molecule has 0 saturated carbocycles. The highest BCUT2D eigenvalue weighted by molar-refractivity contribution is 6.32. The van der Waals surface area contributed by atoms with Crippen molar-refractivity contribution in [2.24, 2.45) is 0 Å². The average molecular weight is 435 g/mol. The number of hydrogen-bond donors (Lipinski definition) is 1.